The second-order valence-corrected chi connectivity index (χ2v) is 11.9. The van der Waals surface area contributed by atoms with Gasteiger partial charge in [0.1, 0.15) is 17.5 Å². The summed E-state index contributed by atoms with van der Waals surface area (Å²) < 4.78 is 37.1. The van der Waals surface area contributed by atoms with Crippen molar-refractivity contribution in [2.75, 3.05) is 31.3 Å². The third-order valence-electron chi connectivity index (χ3n) is 7.14. The van der Waals surface area contributed by atoms with Crippen LogP contribution in [0.4, 0.5) is 5.69 Å². The second kappa shape index (κ2) is 14.2. The summed E-state index contributed by atoms with van der Waals surface area (Å²) in [4.78, 5) is 28.3. The number of carbonyl (C=O) groups excluding carboxylic acids is 2. The maximum absolute atomic E-state index is 13.5. The molecule has 39 heavy (non-hydrogen) atoms. The topological polar surface area (TPSA) is 105 Å². The standard InChI is InChI=1S/C29H41N3O6S/c1-22(29(34)30-24-11-6-5-7-12-24)31(21-23-16-18-25(37-2)19-17-23)28(33)15-10-20-32(39(4,35)36)26-13-8-9-14-27(26)38-3/h8-9,13-14,16-19,22,24H,5-7,10-12,15,20-21H2,1-4H3,(H,30,34)/t22-/m1/s1. The first kappa shape index (κ1) is 30.3. The molecule has 3 rings (SSSR count). The van der Waals surface area contributed by atoms with Crippen LogP contribution in [0.25, 0.3) is 0 Å². The lowest BCUT2D eigenvalue weighted by Gasteiger charge is -2.31. The Labute approximate surface area is 232 Å². The molecule has 0 heterocycles. The van der Waals surface area contributed by atoms with Crippen molar-refractivity contribution < 1.29 is 27.5 Å². The molecule has 1 atom stereocenters. The molecule has 2 amide bonds. The SMILES string of the molecule is COc1ccc(CN(C(=O)CCCN(c2ccccc2OC)S(C)(=O)=O)[C@H](C)C(=O)NC2CCCCC2)cc1. The van der Waals surface area contributed by atoms with E-state index in [1.165, 1.54) is 17.8 Å². The smallest absolute Gasteiger partial charge is 0.242 e. The van der Waals surface area contributed by atoms with Gasteiger partial charge in [-0.1, -0.05) is 43.5 Å². The zero-order valence-corrected chi connectivity index (χ0v) is 24.2. The van der Waals surface area contributed by atoms with Crippen molar-refractivity contribution >= 4 is 27.5 Å². The van der Waals surface area contributed by atoms with Crippen molar-refractivity contribution in [2.24, 2.45) is 0 Å². The number of ether oxygens (including phenoxy) is 2. The number of hydrogen-bond donors (Lipinski definition) is 1. The van der Waals surface area contributed by atoms with Crippen LogP contribution >= 0.6 is 0 Å². The van der Waals surface area contributed by atoms with Gasteiger partial charge < -0.3 is 19.7 Å². The molecule has 1 aliphatic carbocycles. The van der Waals surface area contributed by atoms with E-state index in [1.54, 1.807) is 43.2 Å². The van der Waals surface area contributed by atoms with Gasteiger partial charge in [-0.3, -0.25) is 13.9 Å². The summed E-state index contributed by atoms with van der Waals surface area (Å²) in [5.74, 6) is 0.751. The third-order valence-corrected chi connectivity index (χ3v) is 8.32. The molecule has 0 unspecified atom stereocenters. The number of hydrogen-bond acceptors (Lipinski definition) is 6. The molecule has 0 aromatic heterocycles. The number of benzene rings is 2. The first-order chi connectivity index (χ1) is 18.6. The number of sulfonamides is 1. The van der Waals surface area contributed by atoms with Crippen LogP contribution in [0, 0.1) is 0 Å². The van der Waals surface area contributed by atoms with Crippen LogP contribution in [0.5, 0.6) is 11.5 Å². The van der Waals surface area contributed by atoms with Gasteiger partial charge in [0, 0.05) is 25.6 Å². The van der Waals surface area contributed by atoms with E-state index in [-0.39, 0.29) is 43.8 Å². The van der Waals surface area contributed by atoms with Crippen molar-refractivity contribution in [1.29, 1.82) is 0 Å². The number of amides is 2. The molecular weight excluding hydrogens is 518 g/mol. The molecule has 0 saturated heterocycles. The minimum atomic E-state index is -3.62. The average Bonchev–Trinajstić information content (AvgIpc) is 2.93. The normalized spacial score (nSPS) is 14.8. The van der Waals surface area contributed by atoms with Crippen molar-refractivity contribution in [3.05, 3.63) is 54.1 Å². The predicted octanol–water partition coefficient (Wildman–Crippen LogP) is 4.12. The molecule has 2 aromatic rings. The Hall–Kier alpha value is -3.27. The molecule has 2 aromatic carbocycles. The Kier molecular flexibility index (Phi) is 11.0. The highest BCUT2D eigenvalue weighted by Gasteiger charge is 2.28. The van der Waals surface area contributed by atoms with Crippen LogP contribution in [0.3, 0.4) is 0 Å². The fourth-order valence-electron chi connectivity index (χ4n) is 4.90. The number of rotatable bonds is 13. The van der Waals surface area contributed by atoms with E-state index in [9.17, 15) is 18.0 Å². The quantitative estimate of drug-likeness (QED) is 0.396. The van der Waals surface area contributed by atoms with Crippen LogP contribution in [-0.4, -0.2) is 64.2 Å². The van der Waals surface area contributed by atoms with Gasteiger partial charge >= 0.3 is 0 Å². The molecule has 0 bridgehead atoms. The fourth-order valence-corrected chi connectivity index (χ4v) is 5.87. The highest BCUT2D eigenvalue weighted by molar-refractivity contribution is 7.92. The lowest BCUT2D eigenvalue weighted by molar-refractivity contribution is -0.141. The van der Waals surface area contributed by atoms with Gasteiger partial charge in [0.05, 0.1) is 26.2 Å². The second-order valence-electron chi connectivity index (χ2n) is 10.00. The number of nitrogens with zero attached hydrogens (tertiary/aromatic N) is 2. The molecule has 1 saturated carbocycles. The van der Waals surface area contributed by atoms with Gasteiger partial charge in [0.25, 0.3) is 0 Å². The lowest BCUT2D eigenvalue weighted by Crippen LogP contribution is -2.50. The summed E-state index contributed by atoms with van der Waals surface area (Å²) in [5, 5.41) is 3.13. The zero-order chi connectivity index (χ0) is 28.4. The van der Waals surface area contributed by atoms with Gasteiger partial charge in [-0.2, -0.15) is 0 Å². The Balaban J connectivity index is 1.74. The molecular formula is C29H41N3O6S. The van der Waals surface area contributed by atoms with Gasteiger partial charge in [0.15, 0.2) is 0 Å². The van der Waals surface area contributed by atoms with Crippen LogP contribution in [0.15, 0.2) is 48.5 Å². The molecule has 0 aliphatic heterocycles. The van der Waals surface area contributed by atoms with E-state index in [0.717, 1.165) is 37.5 Å². The Morgan fingerprint density at radius 3 is 2.28 bits per heavy atom. The highest BCUT2D eigenvalue weighted by atomic mass is 32.2. The summed E-state index contributed by atoms with van der Waals surface area (Å²) in [6.45, 7) is 2.10. The highest BCUT2D eigenvalue weighted by Crippen LogP contribution is 2.30. The third kappa shape index (κ3) is 8.61. The molecule has 9 nitrogen and oxygen atoms in total. The number of carbonyl (C=O) groups is 2. The van der Waals surface area contributed by atoms with Crippen molar-refractivity contribution in [2.45, 2.75) is 70.5 Å². The summed E-state index contributed by atoms with van der Waals surface area (Å²) >= 11 is 0. The summed E-state index contributed by atoms with van der Waals surface area (Å²) in [6.07, 6.45) is 6.77. The van der Waals surface area contributed by atoms with Crippen molar-refractivity contribution in [3.8, 4) is 11.5 Å². The van der Waals surface area contributed by atoms with E-state index >= 15 is 0 Å². The first-order valence-electron chi connectivity index (χ1n) is 13.5. The van der Waals surface area contributed by atoms with Crippen LogP contribution in [0.1, 0.15) is 57.4 Å². The minimum Gasteiger partial charge on any atom is -0.497 e. The van der Waals surface area contributed by atoms with Gasteiger partial charge in [-0.15, -0.1) is 0 Å². The lowest BCUT2D eigenvalue weighted by atomic mass is 9.95. The molecule has 1 aliphatic rings. The van der Waals surface area contributed by atoms with E-state index in [2.05, 4.69) is 5.32 Å². The van der Waals surface area contributed by atoms with Gasteiger partial charge in [-0.25, -0.2) is 8.42 Å². The molecule has 0 spiro atoms. The molecule has 10 heteroatoms. The van der Waals surface area contributed by atoms with Crippen LogP contribution in [0.2, 0.25) is 0 Å². The summed E-state index contributed by atoms with van der Waals surface area (Å²) in [6, 6.07) is 13.7. The largest absolute Gasteiger partial charge is 0.497 e. The number of nitrogens with one attached hydrogen (secondary N) is 1. The van der Waals surface area contributed by atoms with E-state index in [1.807, 2.05) is 24.3 Å². The molecule has 0 radical (unpaired) electrons. The van der Waals surface area contributed by atoms with E-state index in [0.29, 0.717) is 17.2 Å². The van der Waals surface area contributed by atoms with Crippen molar-refractivity contribution in [1.82, 2.24) is 10.2 Å². The Morgan fingerprint density at radius 1 is 1.00 bits per heavy atom. The minimum absolute atomic E-state index is 0.0817. The number of methoxy groups -OCH3 is 2. The maximum atomic E-state index is 13.5. The number of anilines is 1. The van der Waals surface area contributed by atoms with E-state index < -0.39 is 16.1 Å². The fraction of sp³-hybridized carbons (Fsp3) is 0.517. The zero-order valence-electron chi connectivity index (χ0n) is 23.4. The predicted molar refractivity (Wildman–Crippen MR) is 152 cm³/mol. The van der Waals surface area contributed by atoms with E-state index in [4.69, 9.17) is 9.47 Å². The molecule has 1 N–H and O–H groups in total. The van der Waals surface area contributed by atoms with Crippen LogP contribution in [-0.2, 0) is 26.2 Å². The molecule has 214 valence electrons. The Morgan fingerprint density at radius 2 is 1.67 bits per heavy atom. The van der Waals surface area contributed by atoms with Gasteiger partial charge in [0.2, 0.25) is 21.8 Å². The monoisotopic (exact) mass is 559 g/mol. The maximum Gasteiger partial charge on any atom is 0.242 e. The number of para-hydroxylation sites is 2. The average molecular weight is 560 g/mol. The summed E-state index contributed by atoms with van der Waals surface area (Å²) in [7, 11) is -0.541. The van der Waals surface area contributed by atoms with Crippen LogP contribution < -0.4 is 19.1 Å². The van der Waals surface area contributed by atoms with Gasteiger partial charge in [-0.05, 0) is 56.0 Å². The molecule has 1 fully saturated rings. The van der Waals surface area contributed by atoms with Crippen molar-refractivity contribution in [3.63, 3.8) is 0 Å². The Bertz CT molecular complexity index is 1200. The summed E-state index contributed by atoms with van der Waals surface area (Å²) in [5.41, 5.74) is 1.29. The first-order valence-corrected chi connectivity index (χ1v) is 15.3.